The second-order valence-electron chi connectivity index (χ2n) is 3.49. The van der Waals surface area contributed by atoms with Gasteiger partial charge in [-0.3, -0.25) is 0 Å². The van der Waals surface area contributed by atoms with Crippen molar-refractivity contribution in [1.82, 2.24) is 0 Å². The molecule has 0 aliphatic heterocycles. The van der Waals surface area contributed by atoms with E-state index >= 15 is 0 Å². The Hall–Kier alpha value is -0.610. The molecule has 15 heavy (non-hydrogen) atoms. The van der Waals surface area contributed by atoms with E-state index in [1.54, 1.807) is 6.26 Å². The number of nitrogens with two attached hydrogens (primary N) is 1. The molecule has 0 radical (unpaired) electrons. The van der Waals surface area contributed by atoms with Crippen molar-refractivity contribution in [2.24, 2.45) is 5.73 Å². The van der Waals surface area contributed by atoms with Gasteiger partial charge in [-0.05, 0) is 42.8 Å². The van der Waals surface area contributed by atoms with Gasteiger partial charge in [0.1, 0.15) is 11.6 Å². The third-order valence-electron chi connectivity index (χ3n) is 2.38. The lowest BCUT2D eigenvalue weighted by molar-refractivity contribution is 0.538. The molecule has 1 unspecified atom stereocenters. The van der Waals surface area contributed by atoms with E-state index in [0.29, 0.717) is 23.4 Å². The van der Waals surface area contributed by atoms with Crippen LogP contribution in [0.25, 0.3) is 0 Å². The van der Waals surface area contributed by atoms with Crippen LogP contribution in [0.3, 0.4) is 0 Å². The van der Waals surface area contributed by atoms with Crippen LogP contribution in [0.1, 0.15) is 24.8 Å². The maximum atomic E-state index is 13.8. The summed E-state index contributed by atoms with van der Waals surface area (Å²) in [5.74, 6) is -0.749. The first-order valence-corrected chi connectivity index (χ1v) is 6.05. The molecule has 0 bridgehead atoms. The first-order chi connectivity index (χ1) is 7.10. The van der Waals surface area contributed by atoms with E-state index in [1.807, 2.05) is 6.92 Å². The molecule has 0 fully saturated rings. The van der Waals surface area contributed by atoms with Crippen LogP contribution in [0, 0.1) is 11.6 Å². The molecule has 0 spiro atoms. The molecule has 2 N–H and O–H groups in total. The fourth-order valence-electron chi connectivity index (χ4n) is 1.50. The third-order valence-corrected chi connectivity index (χ3v) is 3.12. The Bertz CT molecular complexity index is 342. The van der Waals surface area contributed by atoms with Crippen LogP contribution in [-0.4, -0.2) is 12.8 Å². The monoisotopic (exact) mass is 231 g/mol. The molecule has 1 nitrogen and oxygen atoms in total. The molecule has 0 heterocycles. The van der Waals surface area contributed by atoms with Gasteiger partial charge in [-0.1, -0.05) is 6.92 Å². The van der Waals surface area contributed by atoms with E-state index < -0.39 is 0 Å². The minimum absolute atomic E-state index is 0.0448. The molecule has 84 valence electrons. The van der Waals surface area contributed by atoms with Gasteiger partial charge in [-0.2, -0.15) is 0 Å². The van der Waals surface area contributed by atoms with Crippen LogP contribution in [0.4, 0.5) is 8.78 Å². The molecule has 1 aromatic carbocycles. The van der Waals surface area contributed by atoms with Crippen LogP contribution in [0.2, 0.25) is 0 Å². The van der Waals surface area contributed by atoms with Crippen molar-refractivity contribution in [2.75, 3.05) is 12.8 Å². The third kappa shape index (κ3) is 2.92. The number of halogens is 2. The summed E-state index contributed by atoms with van der Waals surface area (Å²) in [6.07, 6.45) is 2.39. The predicted molar refractivity (Wildman–Crippen MR) is 60.2 cm³/mol. The zero-order valence-electron chi connectivity index (χ0n) is 8.89. The highest BCUT2D eigenvalue weighted by Gasteiger charge is 2.15. The highest BCUT2D eigenvalue weighted by molar-refractivity contribution is 7.98. The molecule has 0 amide bonds. The van der Waals surface area contributed by atoms with Gasteiger partial charge in [0.15, 0.2) is 0 Å². The van der Waals surface area contributed by atoms with Crippen LogP contribution in [-0.2, 0) is 0 Å². The van der Waals surface area contributed by atoms with E-state index in [4.69, 9.17) is 5.73 Å². The van der Waals surface area contributed by atoms with Gasteiger partial charge in [0.2, 0.25) is 0 Å². The number of thioether (sulfide) groups is 1. The first kappa shape index (κ1) is 12.5. The van der Waals surface area contributed by atoms with Crippen LogP contribution in [0.5, 0.6) is 0 Å². The molecule has 0 saturated heterocycles. The normalized spacial score (nSPS) is 12.9. The lowest BCUT2D eigenvalue weighted by Crippen LogP contribution is -2.07. The molecule has 0 aromatic heterocycles. The zero-order chi connectivity index (χ0) is 11.4. The van der Waals surface area contributed by atoms with Gasteiger partial charge >= 0.3 is 0 Å². The van der Waals surface area contributed by atoms with Gasteiger partial charge in [-0.25, -0.2) is 8.78 Å². The van der Waals surface area contributed by atoms with Crippen molar-refractivity contribution in [3.8, 4) is 0 Å². The highest BCUT2D eigenvalue weighted by Crippen LogP contribution is 2.29. The molecule has 0 aliphatic rings. The Morgan fingerprint density at radius 3 is 2.60 bits per heavy atom. The molecular formula is C11H15F2NS. The maximum Gasteiger partial charge on any atom is 0.140 e. The second-order valence-corrected chi connectivity index (χ2v) is 4.34. The first-order valence-electron chi connectivity index (χ1n) is 4.83. The minimum atomic E-state index is -0.389. The Labute approximate surface area is 93.1 Å². The minimum Gasteiger partial charge on any atom is -0.330 e. The largest absolute Gasteiger partial charge is 0.330 e. The number of rotatable bonds is 4. The summed E-state index contributed by atoms with van der Waals surface area (Å²) in [6, 6.07) is 2.48. The van der Waals surface area contributed by atoms with Crippen molar-refractivity contribution >= 4 is 11.8 Å². The summed E-state index contributed by atoms with van der Waals surface area (Å²) in [5, 5.41) is 0. The predicted octanol–water partition coefficient (Wildman–Crippen LogP) is 3.14. The van der Waals surface area contributed by atoms with Crippen molar-refractivity contribution < 1.29 is 8.78 Å². The van der Waals surface area contributed by atoms with Crippen molar-refractivity contribution in [2.45, 2.75) is 24.2 Å². The van der Waals surface area contributed by atoms with Gasteiger partial charge in [0.05, 0.1) is 0 Å². The van der Waals surface area contributed by atoms with Crippen molar-refractivity contribution in [1.29, 1.82) is 0 Å². The van der Waals surface area contributed by atoms with Crippen molar-refractivity contribution in [3.63, 3.8) is 0 Å². The number of hydrogen-bond donors (Lipinski definition) is 1. The van der Waals surface area contributed by atoms with Gasteiger partial charge < -0.3 is 5.73 Å². The lowest BCUT2D eigenvalue weighted by Gasteiger charge is -2.13. The molecule has 1 rings (SSSR count). The van der Waals surface area contributed by atoms with Crippen LogP contribution in [0.15, 0.2) is 17.0 Å². The molecule has 0 aliphatic carbocycles. The van der Waals surface area contributed by atoms with E-state index in [-0.39, 0.29) is 17.6 Å². The number of hydrogen-bond acceptors (Lipinski definition) is 2. The summed E-state index contributed by atoms with van der Waals surface area (Å²) >= 11 is 1.21. The summed E-state index contributed by atoms with van der Waals surface area (Å²) in [7, 11) is 0. The smallest absolute Gasteiger partial charge is 0.140 e. The van der Waals surface area contributed by atoms with Gasteiger partial charge in [0.25, 0.3) is 0 Å². The SMILES string of the molecule is CSc1cc(F)cc(C(C)CCN)c1F. The molecular weight excluding hydrogens is 216 g/mol. The quantitative estimate of drug-likeness (QED) is 0.806. The fourth-order valence-corrected chi connectivity index (χ4v) is 2.02. The Morgan fingerprint density at radius 1 is 1.40 bits per heavy atom. The lowest BCUT2D eigenvalue weighted by atomic mass is 9.97. The van der Waals surface area contributed by atoms with Crippen LogP contribution >= 0.6 is 11.8 Å². The Balaban J connectivity index is 3.11. The molecule has 0 saturated carbocycles. The summed E-state index contributed by atoms with van der Waals surface area (Å²) in [5.41, 5.74) is 5.83. The molecule has 4 heteroatoms. The van der Waals surface area contributed by atoms with Crippen molar-refractivity contribution in [3.05, 3.63) is 29.3 Å². The van der Waals surface area contributed by atoms with Gasteiger partial charge in [0, 0.05) is 4.90 Å². The van der Waals surface area contributed by atoms with Crippen LogP contribution < -0.4 is 5.73 Å². The zero-order valence-corrected chi connectivity index (χ0v) is 9.70. The average Bonchev–Trinajstić information content (AvgIpc) is 2.21. The van der Waals surface area contributed by atoms with E-state index in [9.17, 15) is 8.78 Å². The summed E-state index contributed by atoms with van der Waals surface area (Å²) in [6.45, 7) is 2.33. The summed E-state index contributed by atoms with van der Waals surface area (Å²) < 4.78 is 27.0. The average molecular weight is 231 g/mol. The van der Waals surface area contributed by atoms with E-state index in [0.717, 1.165) is 0 Å². The number of benzene rings is 1. The van der Waals surface area contributed by atoms with Gasteiger partial charge in [-0.15, -0.1) is 11.8 Å². The molecule has 1 atom stereocenters. The summed E-state index contributed by atoms with van der Waals surface area (Å²) in [4.78, 5) is 0.355. The maximum absolute atomic E-state index is 13.8. The van der Waals surface area contributed by atoms with E-state index in [1.165, 1.54) is 23.9 Å². The standard InChI is InChI=1S/C11H15F2NS/c1-7(3-4-14)9-5-8(12)6-10(15-2)11(9)13/h5-7H,3-4,14H2,1-2H3. The topological polar surface area (TPSA) is 26.0 Å². The Kier molecular flexibility index (Phi) is 4.54. The molecule has 1 aromatic rings. The highest BCUT2D eigenvalue weighted by atomic mass is 32.2. The fraction of sp³-hybridized carbons (Fsp3) is 0.455. The second kappa shape index (κ2) is 5.47. The Morgan fingerprint density at radius 2 is 2.07 bits per heavy atom. The van der Waals surface area contributed by atoms with E-state index in [2.05, 4.69) is 0 Å².